The lowest BCUT2D eigenvalue weighted by Gasteiger charge is -2.24. The van der Waals surface area contributed by atoms with Crippen molar-refractivity contribution in [1.29, 1.82) is 0 Å². The van der Waals surface area contributed by atoms with Gasteiger partial charge in [0.05, 0.1) is 22.2 Å². The van der Waals surface area contributed by atoms with Crippen molar-refractivity contribution in [2.24, 2.45) is 10.2 Å². The molecule has 40 heavy (non-hydrogen) atoms. The summed E-state index contributed by atoms with van der Waals surface area (Å²) >= 11 is 0. The summed E-state index contributed by atoms with van der Waals surface area (Å²) in [5, 5.41) is 19.8. The zero-order valence-corrected chi connectivity index (χ0v) is 22.1. The van der Waals surface area contributed by atoms with Gasteiger partial charge in [0.2, 0.25) is 0 Å². The number of hydrogen-bond donors (Lipinski definition) is 0. The fraction of sp³-hybridized carbons (Fsp3) is 0.258. The van der Waals surface area contributed by atoms with E-state index in [0.29, 0.717) is 29.8 Å². The van der Waals surface area contributed by atoms with E-state index in [0.717, 1.165) is 31.6 Å². The van der Waals surface area contributed by atoms with Gasteiger partial charge in [0.15, 0.2) is 5.75 Å². The minimum absolute atomic E-state index is 0.0217. The number of benzene rings is 3. The smallest absolute Gasteiger partial charge is 0.338 e. The number of terminal acetylenes is 2. The number of nitro benzene ring substituents is 1. The number of esters is 1. The van der Waals surface area contributed by atoms with Crippen LogP contribution in [0.1, 0.15) is 36.0 Å². The Balaban J connectivity index is 1.66. The molecule has 0 aliphatic carbocycles. The molecule has 0 aromatic heterocycles. The van der Waals surface area contributed by atoms with Gasteiger partial charge >= 0.3 is 5.97 Å². The number of carbonyl (C=O) groups excluding carboxylic acids is 1. The van der Waals surface area contributed by atoms with Crippen LogP contribution in [0, 0.1) is 34.8 Å². The predicted molar refractivity (Wildman–Crippen MR) is 154 cm³/mol. The van der Waals surface area contributed by atoms with E-state index in [1.165, 1.54) is 18.2 Å². The highest BCUT2D eigenvalue weighted by molar-refractivity contribution is 5.89. The third-order valence-electron chi connectivity index (χ3n) is 5.72. The van der Waals surface area contributed by atoms with Crippen molar-refractivity contribution in [2.45, 2.75) is 25.7 Å². The van der Waals surface area contributed by atoms with Crippen molar-refractivity contribution in [3.8, 4) is 30.4 Å². The number of non-ortho nitro benzene ring substituents is 1. The largest absolute Gasteiger partial charge is 0.487 e. The lowest BCUT2D eigenvalue weighted by molar-refractivity contribution is -0.384. The van der Waals surface area contributed by atoms with Gasteiger partial charge in [-0.1, -0.05) is 18.2 Å². The fourth-order valence-corrected chi connectivity index (χ4v) is 3.71. The second kappa shape index (κ2) is 16.0. The zero-order chi connectivity index (χ0) is 28.6. The molecule has 0 radical (unpaired) electrons. The van der Waals surface area contributed by atoms with Gasteiger partial charge in [0, 0.05) is 37.7 Å². The van der Waals surface area contributed by atoms with Crippen LogP contribution >= 0.6 is 0 Å². The van der Waals surface area contributed by atoms with Crippen LogP contribution in [0.25, 0.3) is 0 Å². The van der Waals surface area contributed by atoms with E-state index in [1.54, 1.807) is 30.3 Å². The lowest BCUT2D eigenvalue weighted by Crippen LogP contribution is -2.25. The van der Waals surface area contributed by atoms with Gasteiger partial charge in [0.1, 0.15) is 18.9 Å². The molecule has 0 fully saturated rings. The van der Waals surface area contributed by atoms with Gasteiger partial charge in [-0.05, 0) is 55.3 Å². The SMILES string of the molecule is C#CCCCN(CCCC#C)c1ccc(N=Nc2ccc([N+](=O)[O-])cc2OCCOC(=O)c2ccccc2)cc1. The van der Waals surface area contributed by atoms with E-state index in [4.69, 9.17) is 22.3 Å². The van der Waals surface area contributed by atoms with Crippen LogP contribution in [-0.4, -0.2) is 37.2 Å². The van der Waals surface area contributed by atoms with Crippen molar-refractivity contribution in [2.75, 3.05) is 31.2 Å². The molecule has 0 unspecified atom stereocenters. The Morgan fingerprint density at radius 1 is 0.900 bits per heavy atom. The Morgan fingerprint density at radius 2 is 1.57 bits per heavy atom. The van der Waals surface area contributed by atoms with E-state index in [2.05, 4.69) is 27.0 Å². The van der Waals surface area contributed by atoms with Crippen LogP contribution in [0.15, 0.2) is 83.0 Å². The summed E-state index contributed by atoms with van der Waals surface area (Å²) in [5.74, 6) is 5.00. The third kappa shape index (κ3) is 9.30. The van der Waals surface area contributed by atoms with Crippen LogP contribution in [0.4, 0.5) is 22.7 Å². The average molecular weight is 539 g/mol. The molecule has 0 saturated carbocycles. The number of nitrogens with zero attached hydrogens (tertiary/aromatic N) is 4. The average Bonchev–Trinajstić information content (AvgIpc) is 2.98. The minimum atomic E-state index is -0.527. The molecule has 0 aliphatic heterocycles. The van der Waals surface area contributed by atoms with E-state index in [-0.39, 0.29) is 24.7 Å². The Hall–Kier alpha value is -5.15. The third-order valence-corrected chi connectivity index (χ3v) is 5.72. The molecule has 0 amide bonds. The molecule has 0 aliphatic rings. The van der Waals surface area contributed by atoms with Crippen molar-refractivity contribution >= 4 is 28.7 Å². The van der Waals surface area contributed by atoms with Gasteiger partial charge in [0.25, 0.3) is 5.69 Å². The Kier molecular flexibility index (Phi) is 11.7. The normalized spacial score (nSPS) is 10.4. The first-order chi connectivity index (χ1) is 19.5. The van der Waals surface area contributed by atoms with E-state index in [9.17, 15) is 14.9 Å². The number of ether oxygens (including phenoxy) is 2. The topological polar surface area (TPSA) is 107 Å². The molecule has 0 saturated heterocycles. The second-order valence-corrected chi connectivity index (χ2v) is 8.58. The van der Waals surface area contributed by atoms with E-state index in [1.807, 2.05) is 24.3 Å². The second-order valence-electron chi connectivity index (χ2n) is 8.58. The number of carbonyl (C=O) groups is 1. The summed E-state index contributed by atoms with van der Waals surface area (Å²) in [4.78, 5) is 25.1. The van der Waals surface area contributed by atoms with Crippen LogP contribution < -0.4 is 9.64 Å². The highest BCUT2D eigenvalue weighted by atomic mass is 16.6. The van der Waals surface area contributed by atoms with Crippen LogP contribution in [0.2, 0.25) is 0 Å². The zero-order valence-electron chi connectivity index (χ0n) is 22.1. The van der Waals surface area contributed by atoms with Gasteiger partial charge in [-0.3, -0.25) is 10.1 Å². The maximum atomic E-state index is 12.1. The number of rotatable bonds is 15. The van der Waals surface area contributed by atoms with E-state index >= 15 is 0 Å². The fourth-order valence-electron chi connectivity index (χ4n) is 3.71. The highest BCUT2D eigenvalue weighted by Gasteiger charge is 2.13. The molecular weight excluding hydrogens is 508 g/mol. The number of unbranched alkanes of at least 4 members (excludes halogenated alkanes) is 2. The summed E-state index contributed by atoms with van der Waals surface area (Å²) in [5.41, 5.74) is 2.18. The Labute approximate surface area is 234 Å². The first kappa shape index (κ1) is 29.4. The van der Waals surface area contributed by atoms with E-state index < -0.39 is 10.9 Å². The molecule has 9 heteroatoms. The maximum absolute atomic E-state index is 12.1. The first-order valence-corrected chi connectivity index (χ1v) is 12.8. The summed E-state index contributed by atoms with van der Waals surface area (Å²) in [6.07, 6.45) is 14.0. The van der Waals surface area contributed by atoms with Crippen molar-refractivity contribution in [3.05, 3.63) is 88.5 Å². The number of azo groups is 1. The van der Waals surface area contributed by atoms with Crippen LogP contribution in [0.3, 0.4) is 0 Å². The first-order valence-electron chi connectivity index (χ1n) is 12.8. The molecule has 0 bridgehead atoms. The van der Waals surface area contributed by atoms with Crippen molar-refractivity contribution < 1.29 is 19.2 Å². The minimum Gasteiger partial charge on any atom is -0.487 e. The quantitative estimate of drug-likeness (QED) is 0.0521. The predicted octanol–water partition coefficient (Wildman–Crippen LogP) is 6.88. The van der Waals surface area contributed by atoms with Gasteiger partial charge in [-0.25, -0.2) is 4.79 Å². The molecular formula is C31H30N4O5. The summed E-state index contributed by atoms with van der Waals surface area (Å²) in [7, 11) is 0. The van der Waals surface area contributed by atoms with Crippen LogP contribution in [0.5, 0.6) is 5.75 Å². The Morgan fingerprint density at radius 3 is 2.20 bits per heavy atom. The van der Waals surface area contributed by atoms with Gasteiger partial charge in [-0.15, -0.1) is 29.8 Å². The molecule has 0 heterocycles. The molecule has 9 nitrogen and oxygen atoms in total. The Bertz CT molecular complexity index is 1360. The molecule has 3 rings (SSSR count). The molecule has 3 aromatic carbocycles. The molecule has 0 atom stereocenters. The molecule has 0 spiro atoms. The monoisotopic (exact) mass is 538 g/mol. The van der Waals surface area contributed by atoms with Gasteiger partial charge < -0.3 is 14.4 Å². The molecule has 204 valence electrons. The molecule has 0 N–H and O–H groups in total. The van der Waals surface area contributed by atoms with Crippen LogP contribution in [-0.2, 0) is 4.74 Å². The summed E-state index contributed by atoms with van der Waals surface area (Å²) < 4.78 is 10.9. The number of hydrogen-bond acceptors (Lipinski definition) is 8. The van der Waals surface area contributed by atoms with Crippen molar-refractivity contribution in [1.82, 2.24) is 0 Å². The number of nitro groups is 1. The summed E-state index contributed by atoms with van der Waals surface area (Å²) in [6, 6.07) is 20.2. The lowest BCUT2D eigenvalue weighted by atomic mass is 10.2. The number of anilines is 1. The highest BCUT2D eigenvalue weighted by Crippen LogP contribution is 2.33. The maximum Gasteiger partial charge on any atom is 0.338 e. The summed E-state index contributed by atoms with van der Waals surface area (Å²) in [6.45, 7) is 1.57. The van der Waals surface area contributed by atoms with Gasteiger partial charge in [-0.2, -0.15) is 5.11 Å². The standard InChI is InChI=1S/C31H30N4O5/c1-3-5-10-20-34(21-11-6-4-2)27-16-14-26(15-17-27)32-33-29-19-18-28(35(37)38)24-30(29)39-22-23-40-31(36)25-12-8-7-9-13-25/h1-2,7-9,12-19,24H,5-6,10-11,20-23H2. The van der Waals surface area contributed by atoms with Crippen molar-refractivity contribution in [3.63, 3.8) is 0 Å². The molecule has 3 aromatic rings.